The summed E-state index contributed by atoms with van der Waals surface area (Å²) in [4.78, 5) is 11.7. The van der Waals surface area contributed by atoms with E-state index in [-0.39, 0.29) is 23.4 Å². The quantitative estimate of drug-likeness (QED) is 0.869. The Morgan fingerprint density at radius 1 is 1.44 bits per heavy atom. The zero-order chi connectivity index (χ0) is 13.1. The molecule has 4 nitrogen and oxygen atoms in total. The van der Waals surface area contributed by atoms with Crippen molar-refractivity contribution in [2.45, 2.75) is 25.2 Å². The van der Waals surface area contributed by atoms with Gasteiger partial charge in [-0.25, -0.2) is 0 Å². The lowest BCUT2D eigenvalue weighted by atomic mass is 10.1. The van der Waals surface area contributed by atoms with Crippen LogP contribution in [0, 0.1) is 5.92 Å². The van der Waals surface area contributed by atoms with Crippen LogP contribution in [-0.2, 0) is 11.3 Å². The van der Waals surface area contributed by atoms with Crippen molar-refractivity contribution in [2.75, 3.05) is 6.79 Å². The van der Waals surface area contributed by atoms with E-state index in [1.165, 1.54) is 0 Å². The molecule has 1 aromatic rings. The Labute approximate surface area is 115 Å². The lowest BCUT2D eigenvalue weighted by Crippen LogP contribution is -2.33. The second kappa shape index (κ2) is 5.61. The highest BCUT2D eigenvalue weighted by molar-refractivity contribution is 9.10. The van der Waals surface area contributed by atoms with E-state index in [0.717, 1.165) is 17.1 Å². The Bertz CT molecular complexity index is 448. The van der Waals surface area contributed by atoms with Gasteiger partial charge in [-0.3, -0.25) is 4.79 Å². The predicted molar refractivity (Wildman–Crippen MR) is 72.0 cm³/mol. The first-order valence-electron chi connectivity index (χ1n) is 5.89. The molecule has 1 aliphatic heterocycles. The molecule has 0 saturated heterocycles. The summed E-state index contributed by atoms with van der Waals surface area (Å²) < 4.78 is 10.7. The highest BCUT2D eigenvalue weighted by Gasteiger charge is 2.20. The zero-order valence-electron chi connectivity index (χ0n) is 10.4. The first-order valence-corrected chi connectivity index (χ1v) is 6.80. The molecule has 1 aliphatic rings. The SMILES string of the molecule is CC(C)C(Br)C(=O)NCc1cccc2c1OCO2. The van der Waals surface area contributed by atoms with E-state index in [4.69, 9.17) is 9.47 Å². The van der Waals surface area contributed by atoms with Crippen LogP contribution < -0.4 is 14.8 Å². The summed E-state index contributed by atoms with van der Waals surface area (Å²) >= 11 is 3.38. The topological polar surface area (TPSA) is 47.6 Å². The Morgan fingerprint density at radius 3 is 2.94 bits per heavy atom. The monoisotopic (exact) mass is 313 g/mol. The van der Waals surface area contributed by atoms with Gasteiger partial charge < -0.3 is 14.8 Å². The Hall–Kier alpha value is -1.23. The molecular weight excluding hydrogens is 298 g/mol. The summed E-state index contributed by atoms with van der Waals surface area (Å²) in [5.41, 5.74) is 0.932. The highest BCUT2D eigenvalue weighted by atomic mass is 79.9. The van der Waals surface area contributed by atoms with Crippen molar-refractivity contribution in [2.24, 2.45) is 5.92 Å². The van der Waals surface area contributed by atoms with Gasteiger partial charge in [0.25, 0.3) is 0 Å². The Morgan fingerprint density at radius 2 is 2.22 bits per heavy atom. The number of fused-ring (bicyclic) bond motifs is 1. The molecule has 1 atom stereocenters. The molecule has 0 aliphatic carbocycles. The standard InChI is InChI=1S/C13H16BrNO3/c1-8(2)11(14)13(16)15-6-9-4-3-5-10-12(9)18-7-17-10/h3-5,8,11H,6-7H2,1-2H3,(H,15,16). The maximum absolute atomic E-state index is 11.8. The number of benzene rings is 1. The molecule has 1 aromatic carbocycles. The molecule has 1 N–H and O–H groups in total. The van der Waals surface area contributed by atoms with Gasteiger partial charge in [0.1, 0.15) is 0 Å². The van der Waals surface area contributed by atoms with E-state index >= 15 is 0 Å². The van der Waals surface area contributed by atoms with Crippen molar-refractivity contribution in [1.82, 2.24) is 5.32 Å². The fourth-order valence-corrected chi connectivity index (χ4v) is 1.87. The third-order valence-electron chi connectivity index (χ3n) is 2.77. The van der Waals surface area contributed by atoms with E-state index in [2.05, 4.69) is 21.2 Å². The van der Waals surface area contributed by atoms with Crippen molar-refractivity contribution >= 4 is 21.8 Å². The number of hydrogen-bond donors (Lipinski definition) is 1. The van der Waals surface area contributed by atoms with Crippen molar-refractivity contribution < 1.29 is 14.3 Å². The molecule has 0 bridgehead atoms. The van der Waals surface area contributed by atoms with Crippen LogP contribution in [0.15, 0.2) is 18.2 Å². The summed E-state index contributed by atoms with van der Waals surface area (Å²) in [7, 11) is 0. The number of carbonyl (C=O) groups is 1. The van der Waals surface area contributed by atoms with E-state index in [0.29, 0.717) is 6.54 Å². The molecule has 18 heavy (non-hydrogen) atoms. The number of hydrogen-bond acceptors (Lipinski definition) is 3. The van der Waals surface area contributed by atoms with Crippen molar-refractivity contribution in [1.29, 1.82) is 0 Å². The van der Waals surface area contributed by atoms with E-state index < -0.39 is 0 Å². The van der Waals surface area contributed by atoms with Gasteiger partial charge in [0.15, 0.2) is 11.5 Å². The second-order valence-corrected chi connectivity index (χ2v) is 5.50. The number of ether oxygens (including phenoxy) is 2. The summed E-state index contributed by atoms with van der Waals surface area (Å²) in [6, 6.07) is 5.67. The van der Waals surface area contributed by atoms with Crippen LogP contribution >= 0.6 is 15.9 Å². The Kier molecular flexibility index (Phi) is 4.11. The molecule has 5 heteroatoms. The minimum Gasteiger partial charge on any atom is -0.454 e. The molecule has 1 unspecified atom stereocenters. The molecule has 0 spiro atoms. The molecular formula is C13H16BrNO3. The number of para-hydroxylation sites is 1. The molecule has 1 amide bonds. The van der Waals surface area contributed by atoms with E-state index in [1.54, 1.807) is 0 Å². The van der Waals surface area contributed by atoms with Crippen LogP contribution in [0.4, 0.5) is 0 Å². The normalized spacial score (nSPS) is 14.7. The van der Waals surface area contributed by atoms with Gasteiger partial charge in [-0.05, 0) is 12.0 Å². The Balaban J connectivity index is 1.99. The summed E-state index contributed by atoms with van der Waals surface area (Å²) in [6.45, 7) is 4.68. The molecule has 1 heterocycles. The molecule has 0 aromatic heterocycles. The van der Waals surface area contributed by atoms with Crippen molar-refractivity contribution in [3.05, 3.63) is 23.8 Å². The first kappa shape index (κ1) is 13.2. The number of alkyl halides is 1. The lowest BCUT2D eigenvalue weighted by molar-refractivity contribution is -0.121. The molecule has 0 saturated carbocycles. The number of rotatable bonds is 4. The molecule has 0 fully saturated rings. The molecule has 98 valence electrons. The van der Waals surface area contributed by atoms with E-state index in [1.807, 2.05) is 32.0 Å². The van der Waals surface area contributed by atoms with Gasteiger partial charge in [-0.1, -0.05) is 41.9 Å². The summed E-state index contributed by atoms with van der Waals surface area (Å²) in [5, 5.41) is 2.89. The third-order valence-corrected chi connectivity index (χ3v) is 4.24. The van der Waals surface area contributed by atoms with Gasteiger partial charge >= 0.3 is 0 Å². The maximum Gasteiger partial charge on any atom is 0.234 e. The molecule has 2 rings (SSSR count). The van der Waals surface area contributed by atoms with Crippen LogP contribution in [0.5, 0.6) is 11.5 Å². The average molecular weight is 314 g/mol. The third kappa shape index (κ3) is 2.77. The first-order chi connectivity index (χ1) is 8.59. The number of halogens is 1. The lowest BCUT2D eigenvalue weighted by Gasteiger charge is -2.14. The average Bonchev–Trinajstić information content (AvgIpc) is 2.83. The largest absolute Gasteiger partial charge is 0.454 e. The predicted octanol–water partition coefficient (Wildman–Crippen LogP) is 2.45. The van der Waals surface area contributed by atoms with Gasteiger partial charge in [0.05, 0.1) is 4.83 Å². The summed E-state index contributed by atoms with van der Waals surface area (Å²) in [5.74, 6) is 1.71. The minimum atomic E-state index is -0.175. The summed E-state index contributed by atoms with van der Waals surface area (Å²) in [6.07, 6.45) is 0. The number of amides is 1. The van der Waals surface area contributed by atoms with Crippen molar-refractivity contribution in [3.8, 4) is 11.5 Å². The maximum atomic E-state index is 11.8. The zero-order valence-corrected chi connectivity index (χ0v) is 12.0. The van der Waals surface area contributed by atoms with Crippen LogP contribution in [0.1, 0.15) is 19.4 Å². The van der Waals surface area contributed by atoms with Gasteiger partial charge in [-0.2, -0.15) is 0 Å². The molecule has 0 radical (unpaired) electrons. The van der Waals surface area contributed by atoms with Crippen LogP contribution in [-0.4, -0.2) is 17.5 Å². The fraction of sp³-hybridized carbons (Fsp3) is 0.462. The van der Waals surface area contributed by atoms with Crippen molar-refractivity contribution in [3.63, 3.8) is 0 Å². The van der Waals surface area contributed by atoms with Crippen LogP contribution in [0.3, 0.4) is 0 Å². The number of nitrogens with one attached hydrogen (secondary N) is 1. The smallest absolute Gasteiger partial charge is 0.234 e. The fourth-order valence-electron chi connectivity index (χ4n) is 1.71. The van der Waals surface area contributed by atoms with Gasteiger partial charge in [0, 0.05) is 12.1 Å². The van der Waals surface area contributed by atoms with Gasteiger partial charge in [0.2, 0.25) is 12.7 Å². The van der Waals surface area contributed by atoms with Gasteiger partial charge in [-0.15, -0.1) is 0 Å². The minimum absolute atomic E-state index is 0.0125. The van der Waals surface area contributed by atoms with Crippen LogP contribution in [0.2, 0.25) is 0 Å². The highest BCUT2D eigenvalue weighted by Crippen LogP contribution is 2.35. The van der Waals surface area contributed by atoms with Crippen LogP contribution in [0.25, 0.3) is 0 Å². The number of carbonyl (C=O) groups excluding carboxylic acids is 1. The second-order valence-electron chi connectivity index (χ2n) is 4.51. The van der Waals surface area contributed by atoms with E-state index in [9.17, 15) is 4.79 Å².